The predicted molar refractivity (Wildman–Crippen MR) is 71.6 cm³/mol. The van der Waals surface area contributed by atoms with Gasteiger partial charge in [0, 0.05) is 36.3 Å². The van der Waals surface area contributed by atoms with Crippen LogP contribution in [0.25, 0.3) is 11.4 Å². The van der Waals surface area contributed by atoms with E-state index in [9.17, 15) is 0 Å². The maximum Gasteiger partial charge on any atom is 0.162 e. The van der Waals surface area contributed by atoms with Crippen LogP contribution in [0.15, 0.2) is 18.5 Å². The summed E-state index contributed by atoms with van der Waals surface area (Å²) in [6.45, 7) is 2.04. The minimum Gasteiger partial charge on any atom is -0.373 e. The molecule has 0 bridgehead atoms. The molecule has 0 fully saturated rings. The summed E-state index contributed by atoms with van der Waals surface area (Å²) in [6, 6.07) is 1.98. The number of hydrogen-bond donors (Lipinski definition) is 1. The van der Waals surface area contributed by atoms with Gasteiger partial charge in [-0.1, -0.05) is 0 Å². The molecule has 4 heteroatoms. The monoisotopic (exact) mass is 240 g/mol. The zero-order valence-electron chi connectivity index (χ0n) is 10.7. The number of rotatable bonds is 2. The predicted octanol–water partition coefficient (Wildman–Crippen LogP) is 2.38. The first kappa shape index (κ1) is 11.1. The van der Waals surface area contributed by atoms with E-state index in [1.807, 2.05) is 26.2 Å². The largest absolute Gasteiger partial charge is 0.373 e. The van der Waals surface area contributed by atoms with Crippen molar-refractivity contribution in [1.29, 1.82) is 0 Å². The van der Waals surface area contributed by atoms with Gasteiger partial charge < -0.3 is 5.32 Å². The van der Waals surface area contributed by atoms with E-state index in [1.54, 1.807) is 6.20 Å². The molecule has 2 aromatic rings. The van der Waals surface area contributed by atoms with E-state index in [1.165, 1.54) is 17.7 Å². The number of nitrogens with one attached hydrogen (secondary N) is 1. The van der Waals surface area contributed by atoms with E-state index >= 15 is 0 Å². The number of pyridine rings is 1. The molecule has 0 saturated heterocycles. The molecular formula is C14H16N4. The number of nitrogens with zero attached hydrogens (tertiary/aromatic N) is 3. The lowest BCUT2D eigenvalue weighted by atomic mass is 10.1. The van der Waals surface area contributed by atoms with Crippen LogP contribution in [0.5, 0.6) is 0 Å². The Labute approximate surface area is 107 Å². The quantitative estimate of drug-likeness (QED) is 0.875. The maximum absolute atomic E-state index is 4.71. The zero-order chi connectivity index (χ0) is 12.5. The Hall–Kier alpha value is -1.97. The second-order valence-corrected chi connectivity index (χ2v) is 4.62. The van der Waals surface area contributed by atoms with E-state index in [2.05, 4.69) is 15.3 Å². The molecule has 2 heterocycles. The highest BCUT2D eigenvalue weighted by Crippen LogP contribution is 2.29. The summed E-state index contributed by atoms with van der Waals surface area (Å²) in [5.41, 5.74) is 4.65. The van der Waals surface area contributed by atoms with Crippen LogP contribution in [-0.2, 0) is 12.8 Å². The molecule has 4 nitrogen and oxygen atoms in total. The van der Waals surface area contributed by atoms with Crippen LogP contribution in [0, 0.1) is 6.92 Å². The van der Waals surface area contributed by atoms with Gasteiger partial charge >= 0.3 is 0 Å². The van der Waals surface area contributed by atoms with Gasteiger partial charge in [-0.05, 0) is 37.8 Å². The number of hydrogen-bond acceptors (Lipinski definition) is 4. The van der Waals surface area contributed by atoms with Gasteiger partial charge in [0.25, 0.3) is 0 Å². The van der Waals surface area contributed by atoms with Gasteiger partial charge in [0.2, 0.25) is 0 Å². The fourth-order valence-electron chi connectivity index (χ4n) is 2.48. The van der Waals surface area contributed by atoms with Crippen molar-refractivity contribution in [2.24, 2.45) is 0 Å². The Bertz CT molecular complexity index is 592. The summed E-state index contributed by atoms with van der Waals surface area (Å²) in [7, 11) is 1.92. The third-order valence-corrected chi connectivity index (χ3v) is 3.43. The topological polar surface area (TPSA) is 50.7 Å². The van der Waals surface area contributed by atoms with Crippen molar-refractivity contribution in [3.05, 3.63) is 35.3 Å². The lowest BCUT2D eigenvalue weighted by molar-refractivity contribution is 0.900. The second kappa shape index (κ2) is 4.37. The molecule has 0 saturated carbocycles. The standard InChI is InChI=1S/C14H16N4/c1-9-8-16-7-6-10(9)14-17-12-5-3-4-11(12)13(15-2)18-14/h6-8H,3-5H2,1-2H3,(H,15,17,18). The van der Waals surface area contributed by atoms with Crippen LogP contribution in [0.4, 0.5) is 5.82 Å². The minimum atomic E-state index is 0.805. The molecular weight excluding hydrogens is 224 g/mol. The summed E-state index contributed by atoms with van der Waals surface area (Å²) >= 11 is 0. The molecule has 1 aliphatic rings. The molecule has 0 aliphatic heterocycles. The molecule has 0 spiro atoms. The van der Waals surface area contributed by atoms with E-state index in [4.69, 9.17) is 4.98 Å². The summed E-state index contributed by atoms with van der Waals surface area (Å²) < 4.78 is 0. The van der Waals surface area contributed by atoms with Crippen LogP contribution < -0.4 is 5.32 Å². The molecule has 1 N–H and O–H groups in total. The highest BCUT2D eigenvalue weighted by atomic mass is 15.0. The Morgan fingerprint density at radius 2 is 2.11 bits per heavy atom. The third kappa shape index (κ3) is 1.74. The third-order valence-electron chi connectivity index (χ3n) is 3.43. The maximum atomic E-state index is 4.71. The smallest absolute Gasteiger partial charge is 0.162 e. The average molecular weight is 240 g/mol. The van der Waals surface area contributed by atoms with E-state index in [-0.39, 0.29) is 0 Å². The van der Waals surface area contributed by atoms with Gasteiger partial charge in [-0.15, -0.1) is 0 Å². The molecule has 0 unspecified atom stereocenters. The first-order valence-electron chi connectivity index (χ1n) is 6.28. The summed E-state index contributed by atoms with van der Waals surface area (Å²) in [4.78, 5) is 13.5. The van der Waals surface area contributed by atoms with Crippen molar-refractivity contribution < 1.29 is 0 Å². The number of aromatic nitrogens is 3. The van der Waals surface area contributed by atoms with Crippen LogP contribution in [-0.4, -0.2) is 22.0 Å². The molecule has 1 aliphatic carbocycles. The van der Waals surface area contributed by atoms with Gasteiger partial charge in [-0.2, -0.15) is 0 Å². The van der Waals surface area contributed by atoms with E-state index in [0.717, 1.165) is 35.6 Å². The van der Waals surface area contributed by atoms with Gasteiger partial charge in [-0.25, -0.2) is 9.97 Å². The highest BCUT2D eigenvalue weighted by Gasteiger charge is 2.19. The van der Waals surface area contributed by atoms with Crippen molar-refractivity contribution in [3.8, 4) is 11.4 Å². The summed E-state index contributed by atoms with van der Waals surface area (Å²) in [6.07, 6.45) is 6.96. The van der Waals surface area contributed by atoms with Crippen LogP contribution >= 0.6 is 0 Å². The molecule has 0 atom stereocenters. The molecule has 18 heavy (non-hydrogen) atoms. The van der Waals surface area contributed by atoms with Gasteiger partial charge in [0.1, 0.15) is 5.82 Å². The molecule has 0 radical (unpaired) electrons. The average Bonchev–Trinajstić information content (AvgIpc) is 2.86. The first-order chi connectivity index (χ1) is 8.79. The molecule has 92 valence electrons. The minimum absolute atomic E-state index is 0.805. The zero-order valence-corrected chi connectivity index (χ0v) is 10.7. The highest BCUT2D eigenvalue weighted by molar-refractivity contribution is 5.63. The van der Waals surface area contributed by atoms with Crippen molar-refractivity contribution in [1.82, 2.24) is 15.0 Å². The molecule has 0 amide bonds. The van der Waals surface area contributed by atoms with Crippen LogP contribution in [0.2, 0.25) is 0 Å². The van der Waals surface area contributed by atoms with Gasteiger partial charge in [0.05, 0.1) is 0 Å². The number of aryl methyl sites for hydroxylation is 2. The van der Waals surface area contributed by atoms with Crippen molar-refractivity contribution in [2.75, 3.05) is 12.4 Å². The Kier molecular flexibility index (Phi) is 2.70. The lowest BCUT2D eigenvalue weighted by Gasteiger charge is -2.10. The lowest BCUT2D eigenvalue weighted by Crippen LogP contribution is -2.04. The summed E-state index contributed by atoms with van der Waals surface area (Å²) in [5.74, 6) is 1.78. The Morgan fingerprint density at radius 3 is 2.89 bits per heavy atom. The normalized spacial score (nSPS) is 13.4. The molecule has 3 rings (SSSR count). The van der Waals surface area contributed by atoms with Crippen molar-refractivity contribution >= 4 is 5.82 Å². The number of anilines is 1. The van der Waals surface area contributed by atoms with Gasteiger partial charge in [-0.3, -0.25) is 4.98 Å². The SMILES string of the molecule is CNc1nc(-c2ccncc2C)nc2c1CCC2. The van der Waals surface area contributed by atoms with Gasteiger partial charge in [0.15, 0.2) is 5.82 Å². The first-order valence-corrected chi connectivity index (χ1v) is 6.28. The van der Waals surface area contributed by atoms with E-state index in [0.29, 0.717) is 0 Å². The Morgan fingerprint density at radius 1 is 1.22 bits per heavy atom. The number of fused-ring (bicyclic) bond motifs is 1. The summed E-state index contributed by atoms with van der Waals surface area (Å²) in [5, 5.41) is 3.19. The second-order valence-electron chi connectivity index (χ2n) is 4.62. The molecule has 2 aromatic heterocycles. The van der Waals surface area contributed by atoms with Crippen molar-refractivity contribution in [2.45, 2.75) is 26.2 Å². The van der Waals surface area contributed by atoms with Crippen LogP contribution in [0.1, 0.15) is 23.2 Å². The Balaban J connectivity index is 2.17. The van der Waals surface area contributed by atoms with Crippen molar-refractivity contribution in [3.63, 3.8) is 0 Å². The fourth-order valence-corrected chi connectivity index (χ4v) is 2.48. The van der Waals surface area contributed by atoms with E-state index < -0.39 is 0 Å². The fraction of sp³-hybridized carbons (Fsp3) is 0.357. The van der Waals surface area contributed by atoms with Crippen LogP contribution in [0.3, 0.4) is 0 Å². The molecule has 0 aromatic carbocycles.